The molecule has 1 aliphatic rings. The van der Waals surface area contributed by atoms with Crippen molar-refractivity contribution in [3.05, 3.63) is 114 Å². The Morgan fingerprint density at radius 1 is 0.800 bits per heavy atom. The first-order chi connectivity index (χ1) is 16.8. The highest BCUT2D eigenvalue weighted by molar-refractivity contribution is 5.73. The van der Waals surface area contributed by atoms with Crippen LogP contribution in [-0.2, 0) is 5.41 Å². The van der Waals surface area contributed by atoms with Crippen LogP contribution in [0.15, 0.2) is 103 Å². The van der Waals surface area contributed by atoms with E-state index in [-0.39, 0.29) is 5.41 Å². The molecular formula is C33H36N2. The van der Waals surface area contributed by atoms with Gasteiger partial charge in [0.1, 0.15) is 0 Å². The van der Waals surface area contributed by atoms with Gasteiger partial charge in [0.15, 0.2) is 0 Å². The standard InChI is InChI=1S/C33H36N2/c1-23(2)29-18-19-30(34-29)28-16-9-10-17-31(28)35-22-27(33(3,4)5)21-32(35)26-15-11-14-25(20-26)24-12-7-6-8-13-24/h6-18,20-23,30,34H,19H2,1-5H3. The van der Waals surface area contributed by atoms with E-state index in [2.05, 4.69) is 142 Å². The molecule has 2 heteroatoms. The molecule has 1 atom stereocenters. The summed E-state index contributed by atoms with van der Waals surface area (Å²) in [4.78, 5) is 0. The Balaban J connectivity index is 1.63. The van der Waals surface area contributed by atoms with E-state index in [0.29, 0.717) is 12.0 Å². The Kier molecular flexibility index (Phi) is 6.15. The van der Waals surface area contributed by atoms with Gasteiger partial charge in [-0.25, -0.2) is 0 Å². The van der Waals surface area contributed by atoms with Gasteiger partial charge < -0.3 is 9.88 Å². The summed E-state index contributed by atoms with van der Waals surface area (Å²) >= 11 is 0. The van der Waals surface area contributed by atoms with Gasteiger partial charge >= 0.3 is 0 Å². The molecule has 35 heavy (non-hydrogen) atoms. The Morgan fingerprint density at radius 2 is 1.49 bits per heavy atom. The van der Waals surface area contributed by atoms with Crippen LogP contribution in [0.4, 0.5) is 0 Å². The summed E-state index contributed by atoms with van der Waals surface area (Å²) in [6, 6.07) is 31.1. The van der Waals surface area contributed by atoms with Crippen LogP contribution in [0, 0.1) is 5.92 Å². The average Bonchev–Trinajstić information content (AvgIpc) is 3.53. The second-order valence-electron chi connectivity index (χ2n) is 11.0. The molecule has 1 aliphatic heterocycles. The van der Waals surface area contributed by atoms with Gasteiger partial charge in [-0.1, -0.05) is 107 Å². The summed E-state index contributed by atoms with van der Waals surface area (Å²) < 4.78 is 2.41. The summed E-state index contributed by atoms with van der Waals surface area (Å²) in [5.41, 5.74) is 10.3. The molecule has 3 aromatic carbocycles. The fourth-order valence-corrected chi connectivity index (χ4v) is 4.96. The molecule has 2 nitrogen and oxygen atoms in total. The lowest BCUT2D eigenvalue weighted by Crippen LogP contribution is -2.19. The van der Waals surface area contributed by atoms with Crippen LogP contribution in [-0.4, -0.2) is 4.57 Å². The van der Waals surface area contributed by atoms with Crippen LogP contribution in [0.1, 0.15) is 58.2 Å². The summed E-state index contributed by atoms with van der Waals surface area (Å²) in [6.45, 7) is 11.4. The molecule has 1 aromatic heterocycles. The van der Waals surface area contributed by atoms with Crippen molar-refractivity contribution in [2.24, 2.45) is 5.92 Å². The van der Waals surface area contributed by atoms with Crippen molar-refractivity contribution in [1.29, 1.82) is 0 Å². The van der Waals surface area contributed by atoms with Gasteiger partial charge in [-0.2, -0.15) is 0 Å². The maximum atomic E-state index is 3.79. The average molecular weight is 461 g/mol. The molecule has 5 rings (SSSR count). The SMILES string of the molecule is CC(C)C1=CCC(c2ccccc2-n2cc(C(C)(C)C)cc2-c2cccc(-c3ccccc3)c2)N1. The number of allylic oxidation sites excluding steroid dienone is 1. The Labute approximate surface area is 210 Å². The first-order valence-electron chi connectivity index (χ1n) is 12.8. The molecule has 4 aromatic rings. The van der Waals surface area contributed by atoms with Crippen molar-refractivity contribution in [2.45, 2.75) is 52.5 Å². The van der Waals surface area contributed by atoms with Crippen molar-refractivity contribution in [2.75, 3.05) is 0 Å². The zero-order chi connectivity index (χ0) is 24.6. The van der Waals surface area contributed by atoms with E-state index in [1.807, 2.05) is 0 Å². The number of rotatable bonds is 5. The van der Waals surface area contributed by atoms with E-state index >= 15 is 0 Å². The van der Waals surface area contributed by atoms with Gasteiger partial charge in [0.25, 0.3) is 0 Å². The highest BCUT2D eigenvalue weighted by atomic mass is 15.0. The molecule has 0 radical (unpaired) electrons. The third-order valence-corrected chi connectivity index (χ3v) is 7.06. The van der Waals surface area contributed by atoms with Crippen LogP contribution in [0.2, 0.25) is 0 Å². The van der Waals surface area contributed by atoms with Crippen molar-refractivity contribution in [3.63, 3.8) is 0 Å². The van der Waals surface area contributed by atoms with Crippen molar-refractivity contribution < 1.29 is 0 Å². The Bertz CT molecular complexity index is 1350. The smallest absolute Gasteiger partial charge is 0.0566 e. The van der Waals surface area contributed by atoms with Crippen LogP contribution < -0.4 is 5.32 Å². The number of hydrogen-bond acceptors (Lipinski definition) is 1. The van der Waals surface area contributed by atoms with E-state index in [0.717, 1.165) is 6.42 Å². The van der Waals surface area contributed by atoms with Crippen LogP contribution >= 0.6 is 0 Å². The fraction of sp³-hybridized carbons (Fsp3) is 0.273. The highest BCUT2D eigenvalue weighted by Crippen LogP contribution is 2.37. The topological polar surface area (TPSA) is 17.0 Å². The molecule has 0 spiro atoms. The highest BCUT2D eigenvalue weighted by Gasteiger charge is 2.25. The number of para-hydroxylation sites is 1. The normalized spacial score (nSPS) is 15.8. The summed E-state index contributed by atoms with van der Waals surface area (Å²) in [7, 11) is 0. The second-order valence-corrected chi connectivity index (χ2v) is 11.0. The lowest BCUT2D eigenvalue weighted by Gasteiger charge is -2.21. The largest absolute Gasteiger partial charge is 0.381 e. The quantitative estimate of drug-likeness (QED) is 0.315. The third-order valence-electron chi connectivity index (χ3n) is 7.06. The first-order valence-corrected chi connectivity index (χ1v) is 12.8. The summed E-state index contributed by atoms with van der Waals surface area (Å²) in [5.74, 6) is 0.516. The zero-order valence-electron chi connectivity index (χ0n) is 21.5. The second kappa shape index (κ2) is 9.26. The van der Waals surface area contributed by atoms with Crippen LogP contribution in [0.3, 0.4) is 0 Å². The maximum Gasteiger partial charge on any atom is 0.0566 e. The Morgan fingerprint density at radius 3 is 2.20 bits per heavy atom. The molecule has 0 saturated heterocycles. The lowest BCUT2D eigenvalue weighted by atomic mass is 9.89. The van der Waals surface area contributed by atoms with Gasteiger partial charge in [-0.3, -0.25) is 0 Å². The third kappa shape index (κ3) is 4.71. The molecule has 0 aliphatic carbocycles. The molecule has 0 saturated carbocycles. The van der Waals surface area contributed by atoms with Crippen molar-refractivity contribution >= 4 is 0 Å². The molecular weight excluding hydrogens is 424 g/mol. The predicted octanol–water partition coefficient (Wildman–Crippen LogP) is 8.68. The van der Waals surface area contributed by atoms with Gasteiger partial charge in [-0.05, 0) is 63.8 Å². The van der Waals surface area contributed by atoms with E-state index in [1.54, 1.807) is 0 Å². The van der Waals surface area contributed by atoms with Crippen molar-refractivity contribution in [3.8, 4) is 28.1 Å². The van der Waals surface area contributed by atoms with Crippen molar-refractivity contribution in [1.82, 2.24) is 9.88 Å². The predicted molar refractivity (Wildman–Crippen MR) is 149 cm³/mol. The van der Waals surface area contributed by atoms with Crippen LogP contribution in [0.5, 0.6) is 0 Å². The van der Waals surface area contributed by atoms with Crippen LogP contribution in [0.25, 0.3) is 28.1 Å². The molecule has 0 amide bonds. The zero-order valence-corrected chi connectivity index (χ0v) is 21.5. The molecule has 1 unspecified atom stereocenters. The first kappa shape index (κ1) is 23.2. The lowest BCUT2D eigenvalue weighted by molar-refractivity contribution is 0.588. The van der Waals surface area contributed by atoms with Gasteiger partial charge in [0.2, 0.25) is 0 Å². The fourth-order valence-electron chi connectivity index (χ4n) is 4.96. The number of nitrogens with zero attached hydrogens (tertiary/aromatic N) is 1. The Hall–Kier alpha value is -3.52. The van der Waals surface area contributed by atoms with Gasteiger partial charge in [0.05, 0.1) is 17.4 Å². The molecule has 2 heterocycles. The molecule has 178 valence electrons. The maximum absolute atomic E-state index is 3.79. The molecule has 0 fully saturated rings. The number of nitrogens with one attached hydrogen (secondary N) is 1. The minimum atomic E-state index is 0.0595. The summed E-state index contributed by atoms with van der Waals surface area (Å²) in [5, 5.41) is 3.79. The van der Waals surface area contributed by atoms with Gasteiger partial charge in [-0.15, -0.1) is 0 Å². The minimum absolute atomic E-state index is 0.0595. The number of benzene rings is 3. The molecule has 0 bridgehead atoms. The summed E-state index contributed by atoms with van der Waals surface area (Å²) in [6.07, 6.45) is 5.73. The minimum Gasteiger partial charge on any atom is -0.381 e. The van der Waals surface area contributed by atoms with E-state index in [1.165, 1.54) is 44.9 Å². The van der Waals surface area contributed by atoms with E-state index in [4.69, 9.17) is 0 Å². The van der Waals surface area contributed by atoms with Gasteiger partial charge in [0, 0.05) is 11.9 Å². The number of hydrogen-bond donors (Lipinski definition) is 1. The number of aromatic nitrogens is 1. The van der Waals surface area contributed by atoms with E-state index < -0.39 is 0 Å². The van der Waals surface area contributed by atoms with E-state index in [9.17, 15) is 0 Å². The molecule has 1 N–H and O–H groups in total. The monoisotopic (exact) mass is 460 g/mol.